The maximum Gasteiger partial charge on any atom is 0.0359 e. The summed E-state index contributed by atoms with van der Waals surface area (Å²) in [6.45, 7) is 7.21. The van der Waals surface area contributed by atoms with E-state index in [4.69, 9.17) is 0 Å². The summed E-state index contributed by atoms with van der Waals surface area (Å²) in [5.74, 6) is 0.761. The fourth-order valence-corrected chi connectivity index (χ4v) is 3.57. The van der Waals surface area contributed by atoms with E-state index < -0.39 is 0 Å². The van der Waals surface area contributed by atoms with Gasteiger partial charge in [-0.05, 0) is 48.4 Å². The van der Waals surface area contributed by atoms with Crippen molar-refractivity contribution in [2.45, 2.75) is 45.1 Å². The molecule has 2 aliphatic rings. The van der Waals surface area contributed by atoms with Gasteiger partial charge in [0.05, 0.1) is 0 Å². The third-order valence-corrected chi connectivity index (χ3v) is 4.29. The lowest BCUT2D eigenvalue weighted by Gasteiger charge is -2.34. The Bertz CT molecular complexity index is 396. The SMILES string of the molecule is CCCN1CCc2cccc3c2[C@H]1C[C@H]3C. The standard InChI is InChI=1S/C15H21N/c1-3-8-16-9-7-12-5-4-6-13-11(2)10-14(16)15(12)13/h4-6,11,14H,3,7-10H2,1-2H3/t11-,14-/m1/s1. The van der Waals surface area contributed by atoms with Gasteiger partial charge in [-0.3, -0.25) is 4.90 Å². The van der Waals surface area contributed by atoms with Gasteiger partial charge in [0.2, 0.25) is 0 Å². The van der Waals surface area contributed by atoms with Gasteiger partial charge in [0, 0.05) is 12.6 Å². The minimum absolute atomic E-state index is 0.731. The predicted octanol–water partition coefficient (Wildman–Crippen LogP) is 3.50. The highest BCUT2D eigenvalue weighted by atomic mass is 15.2. The summed E-state index contributed by atoms with van der Waals surface area (Å²) in [7, 11) is 0. The Kier molecular flexibility index (Phi) is 2.51. The second-order valence-corrected chi connectivity index (χ2v) is 5.36. The largest absolute Gasteiger partial charge is 0.296 e. The fraction of sp³-hybridized carbons (Fsp3) is 0.600. The van der Waals surface area contributed by atoms with Crippen molar-refractivity contribution in [2.75, 3.05) is 13.1 Å². The molecule has 3 rings (SSSR count). The van der Waals surface area contributed by atoms with Gasteiger partial charge < -0.3 is 0 Å². The van der Waals surface area contributed by atoms with Crippen LogP contribution in [-0.2, 0) is 6.42 Å². The zero-order valence-corrected chi connectivity index (χ0v) is 10.4. The van der Waals surface area contributed by atoms with Crippen LogP contribution in [0.25, 0.3) is 0 Å². The van der Waals surface area contributed by atoms with E-state index >= 15 is 0 Å². The van der Waals surface area contributed by atoms with E-state index in [9.17, 15) is 0 Å². The highest BCUT2D eigenvalue weighted by Crippen LogP contribution is 2.46. The third-order valence-electron chi connectivity index (χ3n) is 4.29. The molecule has 1 nitrogen and oxygen atoms in total. The predicted molar refractivity (Wildman–Crippen MR) is 67.8 cm³/mol. The zero-order valence-electron chi connectivity index (χ0n) is 10.4. The molecule has 0 aromatic heterocycles. The van der Waals surface area contributed by atoms with Crippen LogP contribution in [-0.4, -0.2) is 18.0 Å². The molecule has 0 amide bonds. The third kappa shape index (κ3) is 1.41. The maximum absolute atomic E-state index is 2.70. The van der Waals surface area contributed by atoms with Gasteiger partial charge in [0.15, 0.2) is 0 Å². The van der Waals surface area contributed by atoms with E-state index in [-0.39, 0.29) is 0 Å². The van der Waals surface area contributed by atoms with E-state index in [0.717, 1.165) is 12.0 Å². The van der Waals surface area contributed by atoms with Crippen LogP contribution in [0, 0.1) is 0 Å². The van der Waals surface area contributed by atoms with Crippen molar-refractivity contribution in [3.05, 3.63) is 34.9 Å². The molecule has 1 heteroatoms. The first-order valence-electron chi connectivity index (χ1n) is 6.67. The highest BCUT2D eigenvalue weighted by Gasteiger charge is 2.36. The number of benzene rings is 1. The molecule has 1 aliphatic heterocycles. The van der Waals surface area contributed by atoms with Crippen molar-refractivity contribution in [2.24, 2.45) is 0 Å². The summed E-state index contributed by atoms with van der Waals surface area (Å²) in [6.07, 6.45) is 3.88. The van der Waals surface area contributed by atoms with Crippen molar-refractivity contribution < 1.29 is 0 Å². The molecule has 1 heterocycles. The molecule has 1 aromatic carbocycles. The summed E-state index contributed by atoms with van der Waals surface area (Å²) >= 11 is 0. The smallest absolute Gasteiger partial charge is 0.0359 e. The molecule has 2 atom stereocenters. The molecular formula is C15H21N. The van der Waals surface area contributed by atoms with Crippen LogP contribution in [0.5, 0.6) is 0 Å². The molecule has 1 aromatic rings. The maximum atomic E-state index is 2.70. The van der Waals surface area contributed by atoms with E-state index in [1.807, 2.05) is 0 Å². The second-order valence-electron chi connectivity index (χ2n) is 5.36. The van der Waals surface area contributed by atoms with E-state index in [1.54, 1.807) is 16.7 Å². The van der Waals surface area contributed by atoms with Gasteiger partial charge in [-0.2, -0.15) is 0 Å². The molecule has 0 saturated carbocycles. The van der Waals surface area contributed by atoms with Gasteiger partial charge in [-0.1, -0.05) is 32.0 Å². The number of hydrogen-bond donors (Lipinski definition) is 0. The van der Waals surface area contributed by atoms with Crippen LogP contribution < -0.4 is 0 Å². The highest BCUT2D eigenvalue weighted by molar-refractivity contribution is 5.45. The average molecular weight is 215 g/mol. The van der Waals surface area contributed by atoms with Crippen molar-refractivity contribution in [1.82, 2.24) is 4.90 Å². The molecule has 0 radical (unpaired) electrons. The summed E-state index contributed by atoms with van der Waals surface area (Å²) in [5.41, 5.74) is 4.94. The monoisotopic (exact) mass is 215 g/mol. The summed E-state index contributed by atoms with van der Waals surface area (Å²) < 4.78 is 0. The van der Waals surface area contributed by atoms with Crippen molar-refractivity contribution in [3.8, 4) is 0 Å². The quantitative estimate of drug-likeness (QED) is 0.730. The van der Waals surface area contributed by atoms with Crippen LogP contribution in [0.15, 0.2) is 18.2 Å². The number of nitrogens with zero attached hydrogens (tertiary/aromatic N) is 1. The molecule has 0 bridgehead atoms. The molecule has 86 valence electrons. The van der Waals surface area contributed by atoms with Gasteiger partial charge in [0.25, 0.3) is 0 Å². The van der Waals surface area contributed by atoms with Gasteiger partial charge in [0.1, 0.15) is 0 Å². The van der Waals surface area contributed by atoms with Crippen LogP contribution in [0.2, 0.25) is 0 Å². The Morgan fingerprint density at radius 1 is 1.38 bits per heavy atom. The first-order chi connectivity index (χ1) is 7.81. The topological polar surface area (TPSA) is 3.24 Å². The summed E-state index contributed by atoms with van der Waals surface area (Å²) in [4.78, 5) is 2.70. The molecule has 1 aliphatic carbocycles. The van der Waals surface area contributed by atoms with E-state index in [0.29, 0.717) is 0 Å². The Morgan fingerprint density at radius 2 is 2.25 bits per heavy atom. The van der Waals surface area contributed by atoms with Crippen LogP contribution in [0.1, 0.15) is 55.3 Å². The summed E-state index contributed by atoms with van der Waals surface area (Å²) in [6, 6.07) is 7.67. The van der Waals surface area contributed by atoms with Crippen LogP contribution in [0.4, 0.5) is 0 Å². The van der Waals surface area contributed by atoms with Gasteiger partial charge in [-0.25, -0.2) is 0 Å². The lowest BCUT2D eigenvalue weighted by molar-refractivity contribution is 0.182. The molecule has 0 spiro atoms. The minimum Gasteiger partial charge on any atom is -0.296 e. The van der Waals surface area contributed by atoms with E-state index in [2.05, 4.69) is 36.9 Å². The van der Waals surface area contributed by atoms with E-state index in [1.165, 1.54) is 32.4 Å². The van der Waals surface area contributed by atoms with Crippen molar-refractivity contribution in [1.29, 1.82) is 0 Å². The number of hydrogen-bond acceptors (Lipinski definition) is 1. The molecule has 0 fully saturated rings. The normalized spacial score (nSPS) is 28.1. The second kappa shape index (κ2) is 3.89. The summed E-state index contributed by atoms with van der Waals surface area (Å²) in [5, 5.41) is 0. The van der Waals surface area contributed by atoms with Crippen LogP contribution in [0.3, 0.4) is 0 Å². The molecule has 0 N–H and O–H groups in total. The van der Waals surface area contributed by atoms with Gasteiger partial charge in [-0.15, -0.1) is 0 Å². The van der Waals surface area contributed by atoms with Crippen molar-refractivity contribution in [3.63, 3.8) is 0 Å². The van der Waals surface area contributed by atoms with Gasteiger partial charge >= 0.3 is 0 Å². The first-order valence-corrected chi connectivity index (χ1v) is 6.67. The average Bonchev–Trinajstić information content (AvgIpc) is 2.63. The minimum atomic E-state index is 0.731. The molecule has 16 heavy (non-hydrogen) atoms. The Balaban J connectivity index is 2.02. The Hall–Kier alpha value is -0.820. The van der Waals surface area contributed by atoms with Crippen molar-refractivity contribution >= 4 is 0 Å². The Labute approximate surface area is 98.5 Å². The number of rotatable bonds is 2. The lowest BCUT2D eigenvalue weighted by Crippen LogP contribution is -2.34. The lowest BCUT2D eigenvalue weighted by atomic mass is 9.93. The first kappa shape index (κ1) is 10.3. The van der Waals surface area contributed by atoms with Crippen LogP contribution >= 0.6 is 0 Å². The molecular weight excluding hydrogens is 194 g/mol. The molecule has 0 unspecified atom stereocenters. The Morgan fingerprint density at radius 3 is 3.06 bits per heavy atom. The molecule has 0 saturated heterocycles. The zero-order chi connectivity index (χ0) is 11.1. The fourth-order valence-electron chi connectivity index (χ4n) is 3.57.